The third-order valence-electron chi connectivity index (χ3n) is 3.14. The monoisotopic (exact) mass is 273 g/mol. The fourth-order valence-electron chi connectivity index (χ4n) is 2.15. The molecule has 1 aliphatic rings. The van der Waals surface area contributed by atoms with Crippen LogP contribution in [0.4, 0.5) is 5.69 Å². The van der Waals surface area contributed by atoms with E-state index in [4.69, 9.17) is 16.6 Å². The molecule has 1 fully saturated rings. The van der Waals surface area contributed by atoms with Gasteiger partial charge in [0.1, 0.15) is 11.5 Å². The zero-order valence-corrected chi connectivity index (χ0v) is 11.6. The quantitative estimate of drug-likeness (QED) is 0.823. The predicted octanol–water partition coefficient (Wildman–Crippen LogP) is 2.66. The normalized spacial score (nSPS) is 22.6. The zero-order chi connectivity index (χ0) is 13.5. The Balaban J connectivity index is 1.91. The largest absolute Gasteiger partial charge is 0.462 e. The molecule has 0 spiro atoms. The van der Waals surface area contributed by atoms with Gasteiger partial charge in [0, 0.05) is 0 Å². The number of aryl methyl sites for hydroxylation is 1. The molecule has 4 nitrogen and oxygen atoms in total. The minimum absolute atomic E-state index is 0.527. The number of thiocarbonyl (C=S) groups is 1. The third-order valence-corrected chi connectivity index (χ3v) is 3.43. The Labute approximate surface area is 117 Å². The van der Waals surface area contributed by atoms with E-state index in [0.29, 0.717) is 5.11 Å². The first-order valence-electron chi connectivity index (χ1n) is 6.10. The number of hydrogen-bond acceptors (Lipinski definition) is 3. The smallest absolute Gasteiger partial charge is 0.190 e. The first-order chi connectivity index (χ1) is 9.08. The lowest BCUT2D eigenvalue weighted by atomic mass is 10.1. The highest BCUT2D eigenvalue weighted by Gasteiger charge is 2.40. The molecule has 0 radical (unpaired) electrons. The Bertz CT molecular complexity index is 610. The van der Waals surface area contributed by atoms with Gasteiger partial charge in [-0.2, -0.15) is 5.43 Å². The van der Waals surface area contributed by atoms with Gasteiger partial charge in [-0.1, -0.05) is 18.2 Å². The minimum atomic E-state index is -0.527. The number of anilines is 1. The van der Waals surface area contributed by atoms with Gasteiger partial charge >= 0.3 is 0 Å². The molecule has 1 aromatic heterocycles. The van der Waals surface area contributed by atoms with E-state index in [0.717, 1.165) is 17.2 Å². The van der Waals surface area contributed by atoms with E-state index in [9.17, 15) is 0 Å². The summed E-state index contributed by atoms with van der Waals surface area (Å²) in [5, 5.41) is 5.74. The molecular weight excluding hydrogens is 258 g/mol. The van der Waals surface area contributed by atoms with Crippen LogP contribution in [0, 0.1) is 6.92 Å². The molecule has 1 aliphatic heterocycles. The summed E-state index contributed by atoms with van der Waals surface area (Å²) in [6.07, 6.45) is 0. The van der Waals surface area contributed by atoms with E-state index in [1.807, 2.05) is 61.3 Å². The Morgan fingerprint density at radius 3 is 2.53 bits per heavy atom. The zero-order valence-electron chi connectivity index (χ0n) is 10.8. The van der Waals surface area contributed by atoms with E-state index in [2.05, 4.69) is 10.7 Å². The molecule has 98 valence electrons. The van der Waals surface area contributed by atoms with Crippen LogP contribution < -0.4 is 15.8 Å². The number of nitrogens with zero attached hydrogens (tertiary/aromatic N) is 1. The lowest BCUT2D eigenvalue weighted by molar-refractivity contribution is 0.300. The second-order valence-corrected chi connectivity index (χ2v) is 5.13. The van der Waals surface area contributed by atoms with Crippen LogP contribution in [0.5, 0.6) is 0 Å². The molecule has 1 aromatic carbocycles. The van der Waals surface area contributed by atoms with E-state index < -0.39 is 5.66 Å². The summed E-state index contributed by atoms with van der Waals surface area (Å²) in [4.78, 5) is 0. The van der Waals surface area contributed by atoms with E-state index in [1.54, 1.807) is 0 Å². The van der Waals surface area contributed by atoms with Gasteiger partial charge in [0.2, 0.25) is 0 Å². The molecular formula is C14H15N3OS. The molecule has 0 saturated carbocycles. The summed E-state index contributed by atoms with van der Waals surface area (Å²) in [5.41, 5.74) is 3.82. The van der Waals surface area contributed by atoms with Crippen molar-refractivity contribution < 1.29 is 4.42 Å². The van der Waals surface area contributed by atoms with Crippen molar-refractivity contribution in [2.24, 2.45) is 0 Å². The molecule has 1 unspecified atom stereocenters. The number of nitrogens with one attached hydrogen (secondary N) is 2. The van der Waals surface area contributed by atoms with Crippen molar-refractivity contribution in [2.45, 2.75) is 19.5 Å². The average Bonchev–Trinajstić information content (AvgIpc) is 2.96. The van der Waals surface area contributed by atoms with Crippen molar-refractivity contribution in [3.05, 3.63) is 54.0 Å². The Morgan fingerprint density at radius 1 is 1.16 bits per heavy atom. The maximum Gasteiger partial charge on any atom is 0.190 e. The van der Waals surface area contributed by atoms with Gasteiger partial charge in [0.05, 0.1) is 5.69 Å². The van der Waals surface area contributed by atoms with Crippen molar-refractivity contribution in [2.75, 3.05) is 5.01 Å². The average molecular weight is 273 g/mol. The Morgan fingerprint density at radius 2 is 1.89 bits per heavy atom. The number of hydrazine groups is 1. The predicted molar refractivity (Wildman–Crippen MR) is 78.6 cm³/mol. The lowest BCUT2D eigenvalue weighted by Crippen LogP contribution is -2.45. The fraction of sp³-hybridized carbons (Fsp3) is 0.214. The number of hydrogen-bond donors (Lipinski definition) is 2. The topological polar surface area (TPSA) is 40.4 Å². The molecule has 2 aromatic rings. The van der Waals surface area contributed by atoms with E-state index >= 15 is 0 Å². The first-order valence-corrected chi connectivity index (χ1v) is 6.51. The molecule has 0 aliphatic carbocycles. The van der Waals surface area contributed by atoms with Crippen molar-refractivity contribution in [3.8, 4) is 0 Å². The fourth-order valence-corrected chi connectivity index (χ4v) is 2.51. The number of para-hydroxylation sites is 1. The van der Waals surface area contributed by atoms with Crippen LogP contribution in [0.2, 0.25) is 0 Å². The Kier molecular flexibility index (Phi) is 2.80. The molecule has 2 heterocycles. The van der Waals surface area contributed by atoms with Crippen LogP contribution in [-0.2, 0) is 5.66 Å². The summed E-state index contributed by atoms with van der Waals surface area (Å²) in [6.45, 7) is 3.93. The van der Waals surface area contributed by atoms with Gasteiger partial charge in [-0.3, -0.25) is 0 Å². The van der Waals surface area contributed by atoms with Crippen molar-refractivity contribution >= 4 is 23.0 Å². The summed E-state index contributed by atoms with van der Waals surface area (Å²) in [6, 6.07) is 13.8. The first kappa shape index (κ1) is 12.2. The van der Waals surface area contributed by atoms with Crippen LogP contribution in [0.25, 0.3) is 0 Å². The van der Waals surface area contributed by atoms with Gasteiger partial charge in [-0.05, 0) is 50.3 Å². The minimum Gasteiger partial charge on any atom is -0.462 e. The van der Waals surface area contributed by atoms with Crippen molar-refractivity contribution in [1.82, 2.24) is 10.7 Å². The van der Waals surface area contributed by atoms with E-state index in [-0.39, 0.29) is 0 Å². The SMILES string of the molecule is Cc1ccc(C2(C)NC(=S)N(c3ccccc3)N2)o1. The molecule has 5 heteroatoms. The summed E-state index contributed by atoms with van der Waals surface area (Å²) >= 11 is 5.39. The van der Waals surface area contributed by atoms with Gasteiger partial charge in [-0.25, -0.2) is 5.01 Å². The van der Waals surface area contributed by atoms with Gasteiger partial charge in [0.25, 0.3) is 0 Å². The standard InChI is InChI=1S/C14H15N3OS/c1-10-8-9-12(18-10)14(2)15-13(19)17(16-14)11-6-4-3-5-7-11/h3-9,16H,1-2H3,(H,15,19). The van der Waals surface area contributed by atoms with Gasteiger partial charge < -0.3 is 9.73 Å². The summed E-state index contributed by atoms with van der Waals surface area (Å²) in [5.74, 6) is 1.69. The van der Waals surface area contributed by atoms with Crippen LogP contribution in [0.3, 0.4) is 0 Å². The Hall–Kier alpha value is -1.85. The molecule has 19 heavy (non-hydrogen) atoms. The van der Waals surface area contributed by atoms with Crippen molar-refractivity contribution in [3.63, 3.8) is 0 Å². The second kappa shape index (κ2) is 4.36. The second-order valence-electron chi connectivity index (χ2n) is 4.75. The lowest BCUT2D eigenvalue weighted by Gasteiger charge is -2.23. The molecule has 3 rings (SSSR count). The molecule has 1 saturated heterocycles. The highest BCUT2D eigenvalue weighted by atomic mass is 32.1. The van der Waals surface area contributed by atoms with Gasteiger partial charge in [-0.15, -0.1) is 0 Å². The number of furan rings is 1. The van der Waals surface area contributed by atoms with Crippen LogP contribution >= 0.6 is 12.2 Å². The van der Waals surface area contributed by atoms with Crippen LogP contribution in [-0.4, -0.2) is 5.11 Å². The maximum absolute atomic E-state index is 5.69. The van der Waals surface area contributed by atoms with Gasteiger partial charge in [0.15, 0.2) is 10.8 Å². The molecule has 2 N–H and O–H groups in total. The highest BCUT2D eigenvalue weighted by molar-refractivity contribution is 7.80. The highest BCUT2D eigenvalue weighted by Crippen LogP contribution is 2.27. The molecule has 0 bridgehead atoms. The third kappa shape index (κ3) is 2.11. The van der Waals surface area contributed by atoms with Crippen LogP contribution in [0.15, 0.2) is 46.9 Å². The summed E-state index contributed by atoms with van der Waals surface area (Å²) < 4.78 is 5.69. The van der Waals surface area contributed by atoms with Crippen molar-refractivity contribution in [1.29, 1.82) is 0 Å². The summed E-state index contributed by atoms with van der Waals surface area (Å²) in [7, 11) is 0. The number of benzene rings is 1. The maximum atomic E-state index is 5.69. The molecule has 1 atom stereocenters. The van der Waals surface area contributed by atoms with E-state index in [1.165, 1.54) is 0 Å². The number of rotatable bonds is 2. The molecule has 0 amide bonds. The van der Waals surface area contributed by atoms with Crippen LogP contribution in [0.1, 0.15) is 18.4 Å².